The minimum absolute atomic E-state index is 0.0549. The zero-order valence-electron chi connectivity index (χ0n) is 20.9. The molecule has 0 aliphatic carbocycles. The Morgan fingerprint density at radius 3 is 1.45 bits per heavy atom. The first-order valence-electron chi connectivity index (χ1n) is 12.1. The molecule has 0 bridgehead atoms. The SMILES string of the molecule is CCCOc1ccc(-c2ccsc2C(=O)C(=O)C(=O)c2sccc2-c2ccc(OCCC)cc2O)c(O)c1. The van der Waals surface area contributed by atoms with E-state index in [-0.39, 0.29) is 21.3 Å². The van der Waals surface area contributed by atoms with Crippen molar-refractivity contribution in [2.75, 3.05) is 13.2 Å². The van der Waals surface area contributed by atoms with Gasteiger partial charge in [0, 0.05) is 34.4 Å². The number of ketones is 3. The maximum Gasteiger partial charge on any atom is 0.275 e. The van der Waals surface area contributed by atoms with E-state index in [1.165, 1.54) is 12.1 Å². The van der Waals surface area contributed by atoms with E-state index in [1.807, 2.05) is 13.8 Å². The fourth-order valence-electron chi connectivity index (χ4n) is 3.80. The van der Waals surface area contributed by atoms with E-state index in [0.29, 0.717) is 47.0 Å². The van der Waals surface area contributed by atoms with Crippen molar-refractivity contribution >= 4 is 40.0 Å². The van der Waals surface area contributed by atoms with E-state index in [4.69, 9.17) is 9.47 Å². The number of Topliss-reactive ketones (excluding diaryl/α,β-unsaturated/α-hetero) is 3. The zero-order chi connectivity index (χ0) is 27.2. The largest absolute Gasteiger partial charge is 0.507 e. The molecule has 38 heavy (non-hydrogen) atoms. The van der Waals surface area contributed by atoms with Gasteiger partial charge in [-0.05, 0) is 60.0 Å². The fraction of sp³-hybridized carbons (Fsp3) is 0.207. The predicted molar refractivity (Wildman–Crippen MR) is 148 cm³/mol. The van der Waals surface area contributed by atoms with Crippen molar-refractivity contribution in [2.45, 2.75) is 26.7 Å². The summed E-state index contributed by atoms with van der Waals surface area (Å²) >= 11 is 2.04. The number of hydrogen-bond donors (Lipinski definition) is 2. The fourth-order valence-corrected chi connectivity index (χ4v) is 5.49. The highest BCUT2D eigenvalue weighted by atomic mass is 32.1. The van der Waals surface area contributed by atoms with E-state index in [1.54, 1.807) is 47.2 Å². The summed E-state index contributed by atoms with van der Waals surface area (Å²) in [7, 11) is 0. The first kappa shape index (κ1) is 27.1. The lowest BCUT2D eigenvalue weighted by Gasteiger charge is -2.10. The Kier molecular flexibility index (Phi) is 8.60. The van der Waals surface area contributed by atoms with Crippen molar-refractivity contribution in [3.05, 3.63) is 69.0 Å². The van der Waals surface area contributed by atoms with E-state index < -0.39 is 17.3 Å². The summed E-state index contributed by atoms with van der Waals surface area (Å²) in [6.45, 7) is 4.93. The smallest absolute Gasteiger partial charge is 0.275 e. The van der Waals surface area contributed by atoms with Gasteiger partial charge in [-0.15, -0.1) is 22.7 Å². The van der Waals surface area contributed by atoms with Crippen LogP contribution in [-0.4, -0.2) is 40.8 Å². The van der Waals surface area contributed by atoms with Crippen LogP contribution < -0.4 is 9.47 Å². The molecule has 0 amide bonds. The number of hydrogen-bond acceptors (Lipinski definition) is 9. The predicted octanol–water partition coefficient (Wildman–Crippen LogP) is 6.77. The van der Waals surface area contributed by atoms with Crippen LogP contribution in [0.5, 0.6) is 23.0 Å². The minimum Gasteiger partial charge on any atom is -0.507 e. The number of phenolic OH excluding ortho intramolecular Hbond substituents is 2. The summed E-state index contributed by atoms with van der Waals surface area (Å²) in [6, 6.07) is 12.7. The maximum absolute atomic E-state index is 13.2. The number of rotatable bonds is 12. The highest BCUT2D eigenvalue weighted by Crippen LogP contribution is 2.39. The van der Waals surface area contributed by atoms with Crippen molar-refractivity contribution < 1.29 is 34.1 Å². The van der Waals surface area contributed by atoms with E-state index in [9.17, 15) is 24.6 Å². The summed E-state index contributed by atoms with van der Waals surface area (Å²) < 4.78 is 11.1. The van der Waals surface area contributed by atoms with Gasteiger partial charge in [0.1, 0.15) is 23.0 Å². The average molecular weight is 551 g/mol. The third-order valence-corrected chi connectivity index (χ3v) is 7.45. The van der Waals surface area contributed by atoms with Gasteiger partial charge in [-0.2, -0.15) is 0 Å². The molecular weight excluding hydrogens is 524 g/mol. The third kappa shape index (κ3) is 5.64. The highest BCUT2D eigenvalue weighted by Gasteiger charge is 2.31. The lowest BCUT2D eigenvalue weighted by Crippen LogP contribution is -2.23. The van der Waals surface area contributed by atoms with Crippen LogP contribution in [-0.2, 0) is 4.79 Å². The van der Waals surface area contributed by atoms with E-state index in [2.05, 4.69) is 0 Å². The first-order valence-corrected chi connectivity index (χ1v) is 13.8. The van der Waals surface area contributed by atoms with Crippen molar-refractivity contribution in [1.82, 2.24) is 0 Å². The number of thiophene rings is 2. The molecule has 4 aromatic rings. The Morgan fingerprint density at radius 2 is 1.08 bits per heavy atom. The van der Waals surface area contributed by atoms with Gasteiger partial charge in [-0.3, -0.25) is 14.4 Å². The number of aromatic hydroxyl groups is 2. The molecule has 2 N–H and O–H groups in total. The highest BCUT2D eigenvalue weighted by molar-refractivity contribution is 7.16. The maximum atomic E-state index is 13.2. The Hall–Kier alpha value is -3.95. The number of carbonyl (C=O) groups is 3. The van der Waals surface area contributed by atoms with Gasteiger partial charge >= 0.3 is 0 Å². The molecule has 0 aliphatic rings. The molecule has 0 saturated carbocycles. The molecule has 0 unspecified atom stereocenters. The standard InChI is InChI=1S/C29H26O7S2/c1-3-11-35-17-5-7-19(23(30)15-17)21-9-13-37-28(21)26(33)25(32)27(34)29-22(10-14-38-29)20-8-6-18(16-24(20)31)36-12-4-2/h5-10,13-16,30-31H,3-4,11-12H2,1-2H3. The molecule has 2 heterocycles. The van der Waals surface area contributed by atoms with Crippen LogP contribution in [0.4, 0.5) is 0 Å². The second kappa shape index (κ2) is 12.1. The third-order valence-electron chi connectivity index (χ3n) is 5.62. The van der Waals surface area contributed by atoms with Crippen molar-refractivity contribution in [2.24, 2.45) is 0 Å². The number of ether oxygens (including phenoxy) is 2. The van der Waals surface area contributed by atoms with Gasteiger partial charge < -0.3 is 19.7 Å². The molecule has 9 heteroatoms. The molecule has 0 atom stereocenters. The lowest BCUT2D eigenvalue weighted by molar-refractivity contribution is -0.111. The lowest BCUT2D eigenvalue weighted by atomic mass is 9.98. The van der Waals surface area contributed by atoms with Gasteiger partial charge in [0.15, 0.2) is 0 Å². The van der Waals surface area contributed by atoms with Crippen molar-refractivity contribution in [3.63, 3.8) is 0 Å². The minimum atomic E-state index is -1.19. The average Bonchev–Trinajstić information content (AvgIpc) is 3.60. The van der Waals surface area contributed by atoms with Gasteiger partial charge in [0.2, 0.25) is 11.6 Å². The molecule has 196 valence electrons. The number of carbonyl (C=O) groups excluding carboxylic acids is 3. The van der Waals surface area contributed by atoms with Crippen LogP contribution in [0.15, 0.2) is 59.3 Å². The van der Waals surface area contributed by atoms with Crippen molar-refractivity contribution in [3.8, 4) is 45.3 Å². The van der Waals surface area contributed by atoms with E-state index in [0.717, 1.165) is 35.5 Å². The normalized spacial score (nSPS) is 10.8. The molecule has 0 radical (unpaired) electrons. The first-order chi connectivity index (χ1) is 18.3. The molecule has 4 rings (SSSR count). The summed E-state index contributed by atoms with van der Waals surface area (Å²) in [5.74, 6) is -2.35. The molecule has 0 fully saturated rings. The van der Waals surface area contributed by atoms with Crippen LogP contribution in [0.25, 0.3) is 22.3 Å². The van der Waals surface area contributed by atoms with Crippen LogP contribution in [0, 0.1) is 0 Å². The Labute approximate surface area is 227 Å². The second-order valence-corrected chi connectivity index (χ2v) is 10.2. The zero-order valence-corrected chi connectivity index (χ0v) is 22.5. The number of benzene rings is 2. The summed E-state index contributed by atoms with van der Waals surface area (Å²) in [5.41, 5.74) is 1.41. The Bertz CT molecular complexity index is 1370. The molecule has 0 saturated heterocycles. The molecule has 2 aromatic carbocycles. The molecule has 7 nitrogen and oxygen atoms in total. The van der Waals surface area contributed by atoms with Gasteiger partial charge in [-0.25, -0.2) is 0 Å². The summed E-state index contributed by atoms with van der Waals surface area (Å²) in [4.78, 5) is 39.6. The van der Waals surface area contributed by atoms with Crippen LogP contribution in [0.1, 0.15) is 46.0 Å². The monoisotopic (exact) mass is 550 g/mol. The van der Waals surface area contributed by atoms with Gasteiger partial charge in [-0.1, -0.05) is 13.8 Å². The summed E-state index contributed by atoms with van der Waals surface area (Å²) in [6.07, 6.45) is 1.62. The molecule has 2 aromatic heterocycles. The molecule has 0 aliphatic heterocycles. The van der Waals surface area contributed by atoms with Crippen LogP contribution in [0.2, 0.25) is 0 Å². The summed E-state index contributed by atoms with van der Waals surface area (Å²) in [5, 5.41) is 24.4. The Balaban J connectivity index is 1.59. The number of phenols is 2. The molecule has 0 spiro atoms. The Morgan fingerprint density at radius 1 is 0.658 bits per heavy atom. The van der Waals surface area contributed by atoms with Crippen LogP contribution in [0.3, 0.4) is 0 Å². The van der Waals surface area contributed by atoms with Gasteiger partial charge in [0.05, 0.1) is 23.0 Å². The quantitative estimate of drug-likeness (QED) is 0.114. The molecular formula is C29H26O7S2. The second-order valence-electron chi connectivity index (χ2n) is 8.37. The van der Waals surface area contributed by atoms with Crippen molar-refractivity contribution in [1.29, 1.82) is 0 Å². The van der Waals surface area contributed by atoms with Crippen LogP contribution >= 0.6 is 22.7 Å². The van der Waals surface area contributed by atoms with E-state index >= 15 is 0 Å². The topological polar surface area (TPSA) is 110 Å². The van der Waals surface area contributed by atoms with Gasteiger partial charge in [0.25, 0.3) is 5.78 Å².